The summed E-state index contributed by atoms with van der Waals surface area (Å²) in [4.78, 5) is 30.1. The number of aromatic amines is 1. The number of carboxylic acids is 1. The first kappa shape index (κ1) is 26.7. The standard InChI is InChI=1S/C25H41N3O3/c1-2-3-4-5-6-7-8-9-10-11-12-13-14-15-16-17-24(29)27-19-22(25(30)31)18-23-20-26-21-28-23/h6-9,20-22H,2-5,10-19H2,1H3,(H,26,28)(H,27,29)(H,30,31)/b7-6-,9-8+. The zero-order valence-electron chi connectivity index (χ0n) is 19.2. The molecule has 174 valence electrons. The lowest BCUT2D eigenvalue weighted by atomic mass is 10.0. The van der Waals surface area contributed by atoms with Crippen molar-refractivity contribution in [2.24, 2.45) is 5.92 Å². The van der Waals surface area contributed by atoms with E-state index in [1.54, 1.807) is 6.20 Å². The minimum absolute atomic E-state index is 0.0660. The van der Waals surface area contributed by atoms with Crippen LogP contribution < -0.4 is 5.32 Å². The molecular formula is C25H41N3O3. The molecule has 1 aromatic heterocycles. The Hall–Kier alpha value is -2.37. The second-order valence-corrected chi connectivity index (χ2v) is 8.13. The van der Waals surface area contributed by atoms with Gasteiger partial charge in [-0.05, 0) is 32.1 Å². The molecule has 0 saturated heterocycles. The summed E-state index contributed by atoms with van der Waals surface area (Å²) < 4.78 is 0. The number of allylic oxidation sites excluding steroid dienone is 4. The van der Waals surface area contributed by atoms with Crippen LogP contribution in [-0.2, 0) is 16.0 Å². The molecule has 3 N–H and O–H groups in total. The van der Waals surface area contributed by atoms with Crippen molar-refractivity contribution in [3.05, 3.63) is 42.5 Å². The molecule has 0 aliphatic heterocycles. The van der Waals surface area contributed by atoms with E-state index in [2.05, 4.69) is 46.5 Å². The summed E-state index contributed by atoms with van der Waals surface area (Å²) in [5.74, 6) is -1.62. The monoisotopic (exact) mass is 431 g/mol. The largest absolute Gasteiger partial charge is 0.481 e. The Morgan fingerprint density at radius 1 is 1.03 bits per heavy atom. The van der Waals surface area contributed by atoms with E-state index < -0.39 is 11.9 Å². The molecule has 0 spiro atoms. The van der Waals surface area contributed by atoms with Crippen molar-refractivity contribution in [1.82, 2.24) is 15.3 Å². The number of aliphatic carboxylic acids is 1. The molecule has 1 aromatic rings. The number of rotatable bonds is 19. The van der Waals surface area contributed by atoms with Crippen LogP contribution in [0, 0.1) is 5.92 Å². The van der Waals surface area contributed by atoms with Gasteiger partial charge in [0.1, 0.15) is 0 Å². The number of amides is 1. The number of nitrogens with zero attached hydrogens (tertiary/aromatic N) is 1. The molecule has 0 bridgehead atoms. The fraction of sp³-hybridized carbons (Fsp3) is 0.640. The van der Waals surface area contributed by atoms with Crippen molar-refractivity contribution >= 4 is 11.9 Å². The lowest BCUT2D eigenvalue weighted by Gasteiger charge is -2.12. The summed E-state index contributed by atoms with van der Waals surface area (Å²) in [6.45, 7) is 2.37. The van der Waals surface area contributed by atoms with Crippen molar-refractivity contribution in [2.75, 3.05) is 6.54 Å². The molecule has 1 atom stereocenters. The molecule has 1 heterocycles. The third-order valence-electron chi connectivity index (χ3n) is 5.30. The third-order valence-corrected chi connectivity index (χ3v) is 5.30. The molecule has 1 amide bonds. The highest BCUT2D eigenvalue weighted by Gasteiger charge is 2.19. The second kappa shape index (κ2) is 18.4. The van der Waals surface area contributed by atoms with Crippen LogP contribution in [0.3, 0.4) is 0 Å². The van der Waals surface area contributed by atoms with Gasteiger partial charge in [-0.2, -0.15) is 0 Å². The van der Waals surface area contributed by atoms with E-state index in [9.17, 15) is 14.7 Å². The quantitative estimate of drug-likeness (QED) is 0.197. The van der Waals surface area contributed by atoms with Crippen LogP contribution in [0.5, 0.6) is 0 Å². The highest BCUT2D eigenvalue weighted by molar-refractivity contribution is 5.77. The van der Waals surface area contributed by atoms with Gasteiger partial charge in [0, 0.05) is 31.3 Å². The van der Waals surface area contributed by atoms with Gasteiger partial charge < -0.3 is 15.4 Å². The summed E-state index contributed by atoms with van der Waals surface area (Å²) >= 11 is 0. The third kappa shape index (κ3) is 15.1. The number of H-pyrrole nitrogens is 1. The summed E-state index contributed by atoms with van der Waals surface area (Å²) in [5.41, 5.74) is 0.760. The Morgan fingerprint density at radius 2 is 1.68 bits per heavy atom. The number of nitrogens with one attached hydrogen (secondary N) is 2. The molecule has 6 heteroatoms. The van der Waals surface area contributed by atoms with Crippen LogP contribution in [0.15, 0.2) is 36.8 Å². The maximum Gasteiger partial charge on any atom is 0.308 e. The molecule has 1 unspecified atom stereocenters. The Balaban J connectivity index is 1.96. The first-order chi connectivity index (χ1) is 15.1. The van der Waals surface area contributed by atoms with E-state index in [0.717, 1.165) is 31.4 Å². The van der Waals surface area contributed by atoms with Gasteiger partial charge >= 0.3 is 5.97 Å². The fourth-order valence-electron chi connectivity index (χ4n) is 3.35. The molecule has 0 aromatic carbocycles. The highest BCUT2D eigenvalue weighted by Crippen LogP contribution is 2.10. The van der Waals surface area contributed by atoms with E-state index in [-0.39, 0.29) is 12.5 Å². The van der Waals surface area contributed by atoms with Gasteiger partial charge in [0.2, 0.25) is 5.91 Å². The number of carbonyl (C=O) groups is 2. The maximum atomic E-state index is 12.0. The Kier molecular flexibility index (Phi) is 15.8. The van der Waals surface area contributed by atoms with Gasteiger partial charge in [0.25, 0.3) is 0 Å². The summed E-state index contributed by atoms with van der Waals surface area (Å²) in [6.07, 6.45) is 25.6. The van der Waals surface area contributed by atoms with Gasteiger partial charge in [-0.3, -0.25) is 9.59 Å². The zero-order valence-corrected chi connectivity index (χ0v) is 19.2. The smallest absolute Gasteiger partial charge is 0.308 e. The first-order valence-electron chi connectivity index (χ1n) is 11.9. The van der Waals surface area contributed by atoms with Crippen molar-refractivity contribution in [3.63, 3.8) is 0 Å². The molecule has 0 radical (unpaired) electrons. The zero-order chi connectivity index (χ0) is 22.6. The van der Waals surface area contributed by atoms with E-state index in [0.29, 0.717) is 12.8 Å². The Morgan fingerprint density at radius 3 is 2.29 bits per heavy atom. The van der Waals surface area contributed by atoms with E-state index in [4.69, 9.17) is 0 Å². The average Bonchev–Trinajstić information content (AvgIpc) is 3.27. The number of carbonyl (C=O) groups excluding carboxylic acids is 1. The van der Waals surface area contributed by atoms with Gasteiger partial charge in [0.05, 0.1) is 12.2 Å². The van der Waals surface area contributed by atoms with Crippen LogP contribution in [0.4, 0.5) is 0 Å². The molecule has 0 aliphatic rings. The first-order valence-corrected chi connectivity index (χ1v) is 11.9. The normalized spacial score (nSPS) is 12.5. The second-order valence-electron chi connectivity index (χ2n) is 8.13. The highest BCUT2D eigenvalue weighted by atomic mass is 16.4. The van der Waals surface area contributed by atoms with Crippen molar-refractivity contribution in [2.45, 2.75) is 90.4 Å². The number of carboxylic acid groups (broad SMARTS) is 1. The predicted molar refractivity (Wildman–Crippen MR) is 126 cm³/mol. The molecule has 31 heavy (non-hydrogen) atoms. The molecule has 0 fully saturated rings. The number of unbranched alkanes of at least 4 members (excludes halogenated alkanes) is 9. The van der Waals surface area contributed by atoms with Gasteiger partial charge in [-0.1, -0.05) is 69.8 Å². The number of hydrogen-bond donors (Lipinski definition) is 3. The van der Waals surface area contributed by atoms with Gasteiger partial charge in [0.15, 0.2) is 0 Å². The molecular weight excluding hydrogens is 390 g/mol. The van der Waals surface area contributed by atoms with Gasteiger partial charge in [-0.25, -0.2) is 4.98 Å². The molecule has 1 rings (SSSR count). The van der Waals surface area contributed by atoms with Crippen molar-refractivity contribution in [3.8, 4) is 0 Å². The predicted octanol–water partition coefficient (Wildman–Crippen LogP) is 5.58. The van der Waals surface area contributed by atoms with Crippen LogP contribution in [0.25, 0.3) is 0 Å². The van der Waals surface area contributed by atoms with Crippen molar-refractivity contribution in [1.29, 1.82) is 0 Å². The topological polar surface area (TPSA) is 95.1 Å². The number of hydrogen-bond acceptors (Lipinski definition) is 3. The van der Waals surface area contributed by atoms with Crippen LogP contribution in [0.2, 0.25) is 0 Å². The Bertz CT molecular complexity index is 638. The van der Waals surface area contributed by atoms with E-state index in [1.807, 2.05) is 0 Å². The maximum absolute atomic E-state index is 12.0. The molecule has 6 nitrogen and oxygen atoms in total. The fourth-order valence-corrected chi connectivity index (χ4v) is 3.35. The molecule has 0 aliphatic carbocycles. The average molecular weight is 432 g/mol. The number of imidazole rings is 1. The molecule has 0 saturated carbocycles. The Labute approximate surface area is 187 Å². The van der Waals surface area contributed by atoms with Crippen LogP contribution >= 0.6 is 0 Å². The number of aromatic nitrogens is 2. The van der Waals surface area contributed by atoms with E-state index in [1.165, 1.54) is 51.3 Å². The summed E-state index contributed by atoms with van der Waals surface area (Å²) in [5, 5.41) is 12.1. The van der Waals surface area contributed by atoms with Crippen molar-refractivity contribution < 1.29 is 14.7 Å². The van der Waals surface area contributed by atoms with E-state index >= 15 is 0 Å². The SMILES string of the molecule is CCCCC/C=C\C=C\CCCCCCCCC(=O)NCC(Cc1cnc[nH]1)C(=O)O. The lowest BCUT2D eigenvalue weighted by molar-refractivity contribution is -0.141. The summed E-state index contributed by atoms with van der Waals surface area (Å²) in [6, 6.07) is 0. The van der Waals surface area contributed by atoms with Crippen LogP contribution in [-0.4, -0.2) is 33.5 Å². The van der Waals surface area contributed by atoms with Gasteiger partial charge in [-0.15, -0.1) is 0 Å². The minimum Gasteiger partial charge on any atom is -0.481 e. The lowest BCUT2D eigenvalue weighted by Crippen LogP contribution is -2.34. The summed E-state index contributed by atoms with van der Waals surface area (Å²) in [7, 11) is 0. The minimum atomic E-state index is -0.909. The van der Waals surface area contributed by atoms with Crippen LogP contribution in [0.1, 0.15) is 89.7 Å².